The summed E-state index contributed by atoms with van der Waals surface area (Å²) in [5, 5.41) is 0. The average molecular weight is 326 g/mol. The minimum atomic E-state index is -0.717. The zero-order valence-electron chi connectivity index (χ0n) is 14.2. The monoisotopic (exact) mass is 326 g/mol. The van der Waals surface area contributed by atoms with Gasteiger partial charge in [-0.15, -0.1) is 0 Å². The fourth-order valence-corrected chi connectivity index (χ4v) is 3.75. The molecule has 0 radical (unpaired) electrons. The van der Waals surface area contributed by atoms with E-state index in [9.17, 15) is 4.79 Å². The van der Waals surface area contributed by atoms with Crippen molar-refractivity contribution in [1.29, 1.82) is 0 Å². The normalized spacial score (nSPS) is 38.6. The standard InChI is InChI=1S/C17H26O6/c1-11-14-15(22-16(2,3)20-11)12(7-8-13(18)19-4)21-17(23-14)9-5-6-10-17/h7-8,11-12,14-15H,5-6,9-10H2,1-4H3/b8-7-/t11-,12-,14+,15+/m0/s1. The van der Waals surface area contributed by atoms with Gasteiger partial charge in [0.15, 0.2) is 11.6 Å². The highest BCUT2D eigenvalue weighted by Gasteiger charge is 2.55. The van der Waals surface area contributed by atoms with E-state index in [0.29, 0.717) is 0 Å². The zero-order valence-corrected chi connectivity index (χ0v) is 14.2. The van der Waals surface area contributed by atoms with E-state index in [-0.39, 0.29) is 24.4 Å². The first-order chi connectivity index (χ1) is 10.8. The van der Waals surface area contributed by atoms with Gasteiger partial charge in [-0.3, -0.25) is 0 Å². The van der Waals surface area contributed by atoms with Crippen LogP contribution in [0, 0.1) is 0 Å². The summed E-state index contributed by atoms with van der Waals surface area (Å²) in [6.45, 7) is 5.75. The van der Waals surface area contributed by atoms with Crippen LogP contribution in [0.3, 0.4) is 0 Å². The van der Waals surface area contributed by atoms with Crippen molar-refractivity contribution in [1.82, 2.24) is 0 Å². The summed E-state index contributed by atoms with van der Waals surface area (Å²) in [5.41, 5.74) is 0. The van der Waals surface area contributed by atoms with Gasteiger partial charge in [0.05, 0.1) is 13.2 Å². The van der Waals surface area contributed by atoms with E-state index in [2.05, 4.69) is 4.74 Å². The molecule has 0 bridgehead atoms. The second kappa shape index (κ2) is 6.16. The van der Waals surface area contributed by atoms with Gasteiger partial charge in [-0.25, -0.2) is 4.79 Å². The number of hydrogen-bond acceptors (Lipinski definition) is 6. The summed E-state index contributed by atoms with van der Waals surface area (Å²) in [4.78, 5) is 11.5. The molecule has 6 heteroatoms. The molecule has 0 aromatic rings. The minimum Gasteiger partial charge on any atom is -0.466 e. The molecule has 1 saturated carbocycles. The fraction of sp³-hybridized carbons (Fsp3) is 0.824. The van der Waals surface area contributed by atoms with E-state index in [1.807, 2.05) is 20.8 Å². The highest BCUT2D eigenvalue weighted by Crippen LogP contribution is 2.45. The van der Waals surface area contributed by atoms with E-state index in [1.165, 1.54) is 13.2 Å². The van der Waals surface area contributed by atoms with Crippen LogP contribution in [0.5, 0.6) is 0 Å². The first kappa shape index (κ1) is 16.9. The fourth-order valence-electron chi connectivity index (χ4n) is 3.75. The molecule has 0 amide bonds. The molecule has 2 heterocycles. The topological polar surface area (TPSA) is 63.2 Å². The Kier molecular flexibility index (Phi) is 4.53. The Labute approximate surface area is 137 Å². The van der Waals surface area contributed by atoms with E-state index < -0.39 is 17.5 Å². The highest BCUT2D eigenvalue weighted by molar-refractivity contribution is 5.81. The molecule has 0 N–H and O–H groups in total. The van der Waals surface area contributed by atoms with E-state index >= 15 is 0 Å². The third kappa shape index (κ3) is 3.45. The van der Waals surface area contributed by atoms with E-state index in [0.717, 1.165) is 25.7 Å². The van der Waals surface area contributed by atoms with Crippen molar-refractivity contribution in [2.45, 2.75) is 82.4 Å². The maximum atomic E-state index is 11.5. The van der Waals surface area contributed by atoms with Gasteiger partial charge in [-0.05, 0) is 39.7 Å². The third-order valence-electron chi connectivity index (χ3n) is 4.69. The third-order valence-corrected chi connectivity index (χ3v) is 4.69. The lowest BCUT2D eigenvalue weighted by Gasteiger charge is -2.53. The SMILES string of the molecule is COC(=O)/C=C\[C@@H]1OC2(CCCC2)O[C@H]2[C@@H]1OC(C)(C)O[C@H]2C. The molecule has 6 nitrogen and oxygen atoms in total. The van der Waals surface area contributed by atoms with Crippen LogP contribution < -0.4 is 0 Å². The van der Waals surface area contributed by atoms with Crippen molar-refractivity contribution in [2.75, 3.05) is 7.11 Å². The summed E-state index contributed by atoms with van der Waals surface area (Å²) in [5.74, 6) is -1.71. The average Bonchev–Trinajstić information content (AvgIpc) is 2.93. The van der Waals surface area contributed by atoms with Crippen LogP contribution in [0.1, 0.15) is 46.5 Å². The molecular formula is C17H26O6. The smallest absolute Gasteiger partial charge is 0.330 e. The molecule has 1 aliphatic carbocycles. The molecular weight excluding hydrogens is 300 g/mol. The quantitative estimate of drug-likeness (QED) is 0.573. The van der Waals surface area contributed by atoms with Gasteiger partial charge in [-0.1, -0.05) is 0 Å². The lowest BCUT2D eigenvalue weighted by Crippen LogP contribution is -2.65. The molecule has 1 spiro atoms. The van der Waals surface area contributed by atoms with E-state index in [1.54, 1.807) is 6.08 Å². The van der Waals surface area contributed by atoms with Crippen LogP contribution in [-0.2, 0) is 28.5 Å². The second-order valence-corrected chi connectivity index (χ2v) is 6.97. The minimum absolute atomic E-state index is 0.112. The Bertz CT molecular complexity index is 479. The number of hydrogen-bond donors (Lipinski definition) is 0. The lowest BCUT2D eigenvalue weighted by atomic mass is 9.96. The van der Waals surface area contributed by atoms with Gasteiger partial charge in [0.1, 0.15) is 18.3 Å². The van der Waals surface area contributed by atoms with Crippen molar-refractivity contribution in [3.05, 3.63) is 12.2 Å². The molecule has 23 heavy (non-hydrogen) atoms. The van der Waals surface area contributed by atoms with Gasteiger partial charge >= 0.3 is 5.97 Å². The Hall–Kier alpha value is -0.950. The molecule has 2 saturated heterocycles. The van der Waals surface area contributed by atoms with Crippen molar-refractivity contribution in [3.63, 3.8) is 0 Å². The summed E-state index contributed by atoms with van der Waals surface area (Å²) >= 11 is 0. The van der Waals surface area contributed by atoms with E-state index in [4.69, 9.17) is 18.9 Å². The van der Waals surface area contributed by atoms with Crippen LogP contribution in [0.25, 0.3) is 0 Å². The molecule has 3 aliphatic rings. The number of methoxy groups -OCH3 is 1. The molecule has 0 unspecified atom stereocenters. The Balaban J connectivity index is 1.86. The lowest BCUT2D eigenvalue weighted by molar-refractivity contribution is -0.421. The maximum Gasteiger partial charge on any atom is 0.330 e. The summed E-state index contributed by atoms with van der Waals surface area (Å²) in [7, 11) is 1.36. The largest absolute Gasteiger partial charge is 0.466 e. The van der Waals surface area contributed by atoms with Crippen LogP contribution in [0.2, 0.25) is 0 Å². The summed E-state index contributed by atoms with van der Waals surface area (Å²) in [6, 6.07) is 0. The predicted molar refractivity (Wildman–Crippen MR) is 81.6 cm³/mol. The maximum absolute atomic E-state index is 11.5. The number of esters is 1. The van der Waals surface area contributed by atoms with Crippen molar-refractivity contribution < 1.29 is 28.5 Å². The second-order valence-electron chi connectivity index (χ2n) is 6.97. The van der Waals surface area contributed by atoms with Crippen LogP contribution in [-0.4, -0.2) is 49.1 Å². The molecule has 2 aliphatic heterocycles. The number of carbonyl (C=O) groups is 1. The summed E-state index contributed by atoms with van der Waals surface area (Å²) < 4.78 is 29.2. The summed E-state index contributed by atoms with van der Waals surface area (Å²) in [6.07, 6.45) is 5.97. The number of ether oxygens (including phenoxy) is 5. The first-order valence-corrected chi connectivity index (χ1v) is 8.32. The molecule has 0 aromatic carbocycles. The zero-order chi connectivity index (χ0) is 16.7. The first-order valence-electron chi connectivity index (χ1n) is 8.32. The molecule has 3 fully saturated rings. The number of fused-ring (bicyclic) bond motifs is 1. The molecule has 0 aromatic heterocycles. The highest BCUT2D eigenvalue weighted by atomic mass is 16.8. The Morgan fingerprint density at radius 2 is 1.78 bits per heavy atom. The van der Waals surface area contributed by atoms with Crippen molar-refractivity contribution in [2.24, 2.45) is 0 Å². The van der Waals surface area contributed by atoms with Crippen LogP contribution >= 0.6 is 0 Å². The molecule has 3 rings (SSSR count). The molecule has 130 valence electrons. The van der Waals surface area contributed by atoms with Crippen LogP contribution in [0.15, 0.2) is 12.2 Å². The number of rotatable bonds is 2. The van der Waals surface area contributed by atoms with Crippen molar-refractivity contribution >= 4 is 5.97 Å². The van der Waals surface area contributed by atoms with Gasteiger partial charge in [-0.2, -0.15) is 0 Å². The number of carbonyl (C=O) groups excluding carboxylic acids is 1. The predicted octanol–water partition coefficient (Wildman–Crippen LogP) is 2.31. The van der Waals surface area contributed by atoms with Crippen LogP contribution in [0.4, 0.5) is 0 Å². The Morgan fingerprint density at radius 3 is 2.43 bits per heavy atom. The Morgan fingerprint density at radius 1 is 1.09 bits per heavy atom. The van der Waals surface area contributed by atoms with Gasteiger partial charge in [0.25, 0.3) is 0 Å². The van der Waals surface area contributed by atoms with Gasteiger partial charge in [0.2, 0.25) is 0 Å². The van der Waals surface area contributed by atoms with Gasteiger partial charge < -0.3 is 23.7 Å². The van der Waals surface area contributed by atoms with Crippen molar-refractivity contribution in [3.8, 4) is 0 Å². The van der Waals surface area contributed by atoms with Gasteiger partial charge in [0, 0.05) is 18.9 Å². The molecule has 4 atom stereocenters.